The molecule has 5 rings (SSSR count). The van der Waals surface area contributed by atoms with Crippen molar-refractivity contribution in [2.45, 2.75) is 75.1 Å². The monoisotopic (exact) mass is 658 g/mol. The van der Waals surface area contributed by atoms with Crippen LogP contribution >= 0.6 is 0 Å². The zero-order valence-electron chi connectivity index (χ0n) is 26.9. The zero-order chi connectivity index (χ0) is 33.0. The number of piperidine rings is 1. The molecule has 2 aromatic carbocycles. The maximum absolute atomic E-state index is 13.8. The number of sulfonamides is 1. The zero-order valence-corrected chi connectivity index (χ0v) is 27.7. The van der Waals surface area contributed by atoms with Gasteiger partial charge in [-0.25, -0.2) is 8.42 Å². The van der Waals surface area contributed by atoms with E-state index < -0.39 is 27.2 Å². The van der Waals surface area contributed by atoms with Crippen molar-refractivity contribution in [3.8, 4) is 17.2 Å². The van der Waals surface area contributed by atoms with E-state index in [4.69, 9.17) is 14.2 Å². The number of carbonyl (C=O) groups excluding carboxylic acids is 2. The average Bonchev–Trinajstić information content (AvgIpc) is 3.02. The number of hydrogen-bond acceptors (Lipinski definition) is 9. The molecule has 0 bridgehead atoms. The predicted octanol–water partition coefficient (Wildman–Crippen LogP) is 3.25. The number of hydrogen-bond donors (Lipinski definition) is 3. The van der Waals surface area contributed by atoms with Crippen LogP contribution < -0.4 is 19.5 Å². The highest BCUT2D eigenvalue weighted by atomic mass is 32.2. The van der Waals surface area contributed by atoms with Crippen LogP contribution in [0.25, 0.3) is 0 Å². The standard InChI is InChI=1S/C33H46N4O8S/c1-43-20-19-37-30(38)27(22-32(40)13-5-4-6-14-32)34-31(39)33(37)15-17-36(18-16-33)23-24-7-10-26(11-8-24)45-28-12-9-25(21-29(28)44-2)35-46(3,41)42/h7-12,21,27,35,40H,4-6,13-20,22-23H2,1-3H3,(H,34,39)/t27-/m1/s1. The molecule has 2 amide bonds. The fourth-order valence-electron chi connectivity index (χ4n) is 6.97. The van der Waals surface area contributed by atoms with Gasteiger partial charge in [0.15, 0.2) is 11.5 Å². The summed E-state index contributed by atoms with van der Waals surface area (Å²) in [5.74, 6) is 1.18. The third-order valence-corrected chi connectivity index (χ3v) is 10.0. The molecule has 1 saturated carbocycles. The molecule has 2 aliphatic heterocycles. The molecule has 2 heterocycles. The van der Waals surface area contributed by atoms with Gasteiger partial charge in [0.2, 0.25) is 21.8 Å². The number of piperazine rings is 1. The molecule has 1 spiro atoms. The van der Waals surface area contributed by atoms with E-state index in [1.165, 1.54) is 7.11 Å². The van der Waals surface area contributed by atoms with Crippen LogP contribution in [-0.2, 0) is 30.9 Å². The molecule has 2 aromatic rings. The van der Waals surface area contributed by atoms with E-state index in [9.17, 15) is 23.1 Å². The van der Waals surface area contributed by atoms with E-state index >= 15 is 0 Å². The summed E-state index contributed by atoms with van der Waals surface area (Å²) in [5, 5.41) is 14.2. The molecule has 13 heteroatoms. The Morgan fingerprint density at radius 2 is 1.67 bits per heavy atom. The first-order valence-electron chi connectivity index (χ1n) is 15.9. The van der Waals surface area contributed by atoms with Gasteiger partial charge in [0, 0.05) is 45.8 Å². The molecule has 0 unspecified atom stereocenters. The Morgan fingerprint density at radius 3 is 2.30 bits per heavy atom. The molecule has 1 atom stereocenters. The first kappa shape index (κ1) is 34.0. The molecule has 3 fully saturated rings. The van der Waals surface area contributed by atoms with Gasteiger partial charge in [0.1, 0.15) is 17.3 Å². The largest absolute Gasteiger partial charge is 0.493 e. The third kappa shape index (κ3) is 7.93. The lowest BCUT2D eigenvalue weighted by atomic mass is 9.77. The van der Waals surface area contributed by atoms with Gasteiger partial charge in [-0.1, -0.05) is 31.4 Å². The summed E-state index contributed by atoms with van der Waals surface area (Å²) in [6, 6.07) is 11.8. The normalized spacial score (nSPS) is 21.6. The topological polar surface area (TPSA) is 147 Å². The first-order valence-corrected chi connectivity index (χ1v) is 17.8. The molecule has 0 aromatic heterocycles. The fraction of sp³-hybridized carbons (Fsp3) is 0.576. The number of amides is 2. The molecule has 0 radical (unpaired) electrons. The van der Waals surface area contributed by atoms with E-state index in [1.807, 2.05) is 24.3 Å². The van der Waals surface area contributed by atoms with E-state index in [0.29, 0.717) is 81.4 Å². The lowest BCUT2D eigenvalue weighted by Gasteiger charge is -2.52. The number of methoxy groups -OCH3 is 2. The summed E-state index contributed by atoms with van der Waals surface area (Å²) in [6.45, 7) is 2.63. The summed E-state index contributed by atoms with van der Waals surface area (Å²) in [4.78, 5) is 31.5. The molecule has 46 heavy (non-hydrogen) atoms. The van der Waals surface area contributed by atoms with Crippen molar-refractivity contribution in [1.29, 1.82) is 0 Å². The Hall–Kier alpha value is -3.39. The van der Waals surface area contributed by atoms with Crippen molar-refractivity contribution >= 4 is 27.5 Å². The number of likely N-dealkylation sites (tertiary alicyclic amines) is 1. The Morgan fingerprint density at radius 1 is 0.978 bits per heavy atom. The van der Waals surface area contributed by atoms with Gasteiger partial charge in [-0.05, 0) is 55.5 Å². The molecular weight excluding hydrogens is 612 g/mol. The quantitative estimate of drug-likeness (QED) is 0.313. The van der Waals surface area contributed by atoms with E-state index in [2.05, 4.69) is 14.9 Å². The number of ether oxygens (including phenoxy) is 3. The lowest BCUT2D eigenvalue weighted by Crippen LogP contribution is -2.73. The second-order valence-electron chi connectivity index (χ2n) is 12.8. The van der Waals surface area contributed by atoms with Crippen molar-refractivity contribution in [2.75, 3.05) is 51.4 Å². The highest BCUT2D eigenvalue weighted by Crippen LogP contribution is 2.38. The molecule has 1 aliphatic carbocycles. The maximum Gasteiger partial charge on any atom is 0.246 e. The highest BCUT2D eigenvalue weighted by molar-refractivity contribution is 7.92. The van der Waals surface area contributed by atoms with Gasteiger partial charge < -0.3 is 29.5 Å². The number of carbonyl (C=O) groups is 2. The molecule has 12 nitrogen and oxygen atoms in total. The highest BCUT2D eigenvalue weighted by Gasteiger charge is 2.54. The second-order valence-corrected chi connectivity index (χ2v) is 14.5. The fourth-order valence-corrected chi connectivity index (χ4v) is 7.53. The van der Waals surface area contributed by atoms with Crippen molar-refractivity contribution in [1.82, 2.24) is 15.1 Å². The van der Waals surface area contributed by atoms with Crippen molar-refractivity contribution < 1.29 is 37.3 Å². The number of benzene rings is 2. The minimum absolute atomic E-state index is 0.127. The van der Waals surface area contributed by atoms with Crippen LogP contribution in [0.4, 0.5) is 5.69 Å². The van der Waals surface area contributed by atoms with Gasteiger partial charge in [-0.15, -0.1) is 0 Å². The number of anilines is 1. The second kappa shape index (κ2) is 14.2. The summed E-state index contributed by atoms with van der Waals surface area (Å²) >= 11 is 0. The third-order valence-electron chi connectivity index (χ3n) is 9.40. The van der Waals surface area contributed by atoms with Crippen LogP contribution in [0.15, 0.2) is 42.5 Å². The van der Waals surface area contributed by atoms with Gasteiger partial charge in [0.25, 0.3) is 0 Å². The minimum atomic E-state index is -3.42. The minimum Gasteiger partial charge on any atom is -0.493 e. The van der Waals surface area contributed by atoms with Gasteiger partial charge in [-0.3, -0.25) is 19.2 Å². The van der Waals surface area contributed by atoms with Gasteiger partial charge in [0.05, 0.1) is 31.3 Å². The number of nitrogens with one attached hydrogen (secondary N) is 2. The number of rotatable bonds is 12. The summed E-state index contributed by atoms with van der Waals surface area (Å²) < 4.78 is 42.3. The van der Waals surface area contributed by atoms with Crippen molar-refractivity contribution in [2.24, 2.45) is 0 Å². The maximum atomic E-state index is 13.8. The van der Waals surface area contributed by atoms with Crippen LogP contribution in [0.5, 0.6) is 17.2 Å². The number of nitrogens with zero attached hydrogens (tertiary/aromatic N) is 2. The Bertz CT molecular complexity index is 1490. The summed E-state index contributed by atoms with van der Waals surface area (Å²) in [5.41, 5.74) is -0.397. The molecule has 2 saturated heterocycles. The van der Waals surface area contributed by atoms with Crippen LogP contribution in [0.3, 0.4) is 0 Å². The van der Waals surface area contributed by atoms with E-state index in [-0.39, 0.29) is 18.2 Å². The lowest BCUT2D eigenvalue weighted by molar-refractivity contribution is -0.164. The summed E-state index contributed by atoms with van der Waals surface area (Å²) in [6.07, 6.45) is 6.62. The Balaban J connectivity index is 1.20. The van der Waals surface area contributed by atoms with E-state index in [0.717, 1.165) is 31.1 Å². The van der Waals surface area contributed by atoms with Gasteiger partial charge >= 0.3 is 0 Å². The van der Waals surface area contributed by atoms with E-state index in [1.54, 1.807) is 30.2 Å². The average molecular weight is 659 g/mol. The Kier molecular flexibility index (Phi) is 10.5. The van der Waals surface area contributed by atoms with Crippen LogP contribution in [0.2, 0.25) is 0 Å². The predicted molar refractivity (Wildman–Crippen MR) is 173 cm³/mol. The van der Waals surface area contributed by atoms with Crippen molar-refractivity contribution in [3.05, 3.63) is 48.0 Å². The van der Waals surface area contributed by atoms with Crippen LogP contribution in [0.1, 0.15) is 56.9 Å². The number of aliphatic hydroxyl groups is 1. The molecule has 3 N–H and O–H groups in total. The van der Waals surface area contributed by atoms with Crippen LogP contribution in [0, 0.1) is 0 Å². The molecule has 3 aliphatic rings. The molecular formula is C33H46N4O8S. The first-order chi connectivity index (χ1) is 21.9. The van der Waals surface area contributed by atoms with Crippen molar-refractivity contribution in [3.63, 3.8) is 0 Å². The van der Waals surface area contributed by atoms with Crippen LogP contribution in [-0.4, -0.2) is 99.0 Å². The summed E-state index contributed by atoms with van der Waals surface area (Å²) in [7, 11) is -0.342. The smallest absolute Gasteiger partial charge is 0.246 e. The SMILES string of the molecule is COCCN1C(=O)[C@@H](CC2(O)CCCCC2)NC(=O)C12CCN(Cc1ccc(Oc3ccc(NS(C)(=O)=O)cc3OC)cc1)CC2. The Labute approximate surface area is 271 Å². The molecule has 252 valence electrons. The van der Waals surface area contributed by atoms with Gasteiger partial charge in [-0.2, -0.15) is 0 Å².